The number of carbonyl (C=O) groups excluding carboxylic acids is 1. The number of methoxy groups -OCH3 is 2. The Bertz CT molecular complexity index is 614. The molecule has 24 heavy (non-hydrogen) atoms. The van der Waals surface area contributed by atoms with Gasteiger partial charge in [0.1, 0.15) is 0 Å². The summed E-state index contributed by atoms with van der Waals surface area (Å²) < 4.78 is 10.6. The molecule has 4 bridgehead atoms. The Morgan fingerprint density at radius 2 is 1.54 bits per heavy atom. The van der Waals surface area contributed by atoms with Gasteiger partial charge in [0.15, 0.2) is 11.5 Å². The van der Waals surface area contributed by atoms with Crippen molar-refractivity contribution in [2.45, 2.75) is 38.1 Å². The third-order valence-electron chi connectivity index (χ3n) is 6.58. The molecule has 0 N–H and O–H groups in total. The maximum Gasteiger partial charge on any atom is 0.254 e. The lowest BCUT2D eigenvalue weighted by atomic mass is 9.54. The monoisotopic (exact) mass is 329 g/mol. The van der Waals surface area contributed by atoms with E-state index in [1.807, 2.05) is 24.1 Å². The Hall–Kier alpha value is -1.71. The van der Waals surface area contributed by atoms with E-state index in [0.717, 1.165) is 11.8 Å². The highest BCUT2D eigenvalue weighted by atomic mass is 16.5. The van der Waals surface area contributed by atoms with Crippen LogP contribution in [0.1, 0.15) is 42.5 Å². The van der Waals surface area contributed by atoms with Crippen molar-refractivity contribution in [1.82, 2.24) is 4.90 Å². The molecule has 0 aliphatic heterocycles. The van der Waals surface area contributed by atoms with Gasteiger partial charge in [-0.25, -0.2) is 0 Å². The van der Waals surface area contributed by atoms with Gasteiger partial charge in [-0.3, -0.25) is 4.79 Å². The Morgan fingerprint density at radius 3 is 2.08 bits per heavy atom. The van der Waals surface area contributed by atoms with Crippen molar-refractivity contribution in [3.05, 3.63) is 23.8 Å². The molecule has 4 aliphatic rings. The maximum absolute atomic E-state index is 13.1. The van der Waals surface area contributed by atoms with Crippen molar-refractivity contribution in [2.75, 3.05) is 21.3 Å². The highest BCUT2D eigenvalue weighted by Crippen LogP contribution is 2.55. The van der Waals surface area contributed by atoms with Gasteiger partial charge >= 0.3 is 0 Å². The van der Waals surface area contributed by atoms with Gasteiger partial charge in [0.25, 0.3) is 5.91 Å². The molecular formula is C20H27NO3. The minimum absolute atomic E-state index is 0.105. The van der Waals surface area contributed by atoms with Crippen molar-refractivity contribution >= 4 is 5.91 Å². The topological polar surface area (TPSA) is 38.8 Å². The zero-order valence-electron chi connectivity index (χ0n) is 14.8. The average molecular weight is 329 g/mol. The summed E-state index contributed by atoms with van der Waals surface area (Å²) in [6.45, 7) is 0. The van der Waals surface area contributed by atoms with Gasteiger partial charge in [-0.2, -0.15) is 0 Å². The molecule has 0 radical (unpaired) electrons. The second-order valence-electron chi connectivity index (χ2n) is 7.91. The van der Waals surface area contributed by atoms with E-state index in [4.69, 9.17) is 9.47 Å². The molecule has 0 aromatic heterocycles. The maximum atomic E-state index is 13.1. The molecule has 5 rings (SSSR count). The zero-order chi connectivity index (χ0) is 16.8. The van der Waals surface area contributed by atoms with Crippen LogP contribution in [0.25, 0.3) is 0 Å². The molecular weight excluding hydrogens is 302 g/mol. The standard InChI is InChI=1S/C20H27NO3/c1-21(19-15-7-12-6-13(9-15)10-16(19)8-12)20(22)14-4-5-17(23-2)18(11-14)24-3/h4-5,11-13,15-16,19H,6-10H2,1-3H3. The fraction of sp³-hybridized carbons (Fsp3) is 0.650. The van der Waals surface area contributed by atoms with E-state index in [9.17, 15) is 4.79 Å². The summed E-state index contributed by atoms with van der Waals surface area (Å²) in [5, 5.41) is 0. The fourth-order valence-electron chi connectivity index (χ4n) is 5.84. The van der Waals surface area contributed by atoms with E-state index in [-0.39, 0.29) is 5.91 Å². The Kier molecular flexibility index (Phi) is 3.93. The van der Waals surface area contributed by atoms with E-state index in [2.05, 4.69) is 0 Å². The van der Waals surface area contributed by atoms with E-state index in [0.29, 0.717) is 34.9 Å². The molecule has 0 unspecified atom stereocenters. The largest absolute Gasteiger partial charge is 0.493 e. The van der Waals surface area contributed by atoms with Crippen LogP contribution in [-0.4, -0.2) is 38.1 Å². The van der Waals surface area contributed by atoms with Crippen LogP contribution in [0.2, 0.25) is 0 Å². The van der Waals surface area contributed by atoms with Gasteiger partial charge in [-0.15, -0.1) is 0 Å². The van der Waals surface area contributed by atoms with Crippen LogP contribution in [0.15, 0.2) is 18.2 Å². The summed E-state index contributed by atoms with van der Waals surface area (Å²) in [5.74, 6) is 4.63. The lowest BCUT2D eigenvalue weighted by Crippen LogP contribution is -2.56. The second kappa shape index (κ2) is 5.98. The summed E-state index contributed by atoms with van der Waals surface area (Å²) >= 11 is 0. The third-order valence-corrected chi connectivity index (χ3v) is 6.58. The summed E-state index contributed by atoms with van der Waals surface area (Å²) in [5.41, 5.74) is 0.684. The normalized spacial score (nSPS) is 33.4. The first kappa shape index (κ1) is 15.8. The van der Waals surface area contributed by atoms with Crippen molar-refractivity contribution in [3.63, 3.8) is 0 Å². The molecule has 1 amide bonds. The van der Waals surface area contributed by atoms with Crippen molar-refractivity contribution in [3.8, 4) is 11.5 Å². The lowest BCUT2D eigenvalue weighted by molar-refractivity contribution is -0.0491. The van der Waals surface area contributed by atoms with Gasteiger partial charge in [-0.05, 0) is 74.0 Å². The molecule has 4 fully saturated rings. The zero-order valence-corrected chi connectivity index (χ0v) is 14.8. The smallest absolute Gasteiger partial charge is 0.254 e. The first-order chi connectivity index (χ1) is 11.6. The van der Waals surface area contributed by atoms with E-state index in [1.54, 1.807) is 20.3 Å². The van der Waals surface area contributed by atoms with Crippen molar-refractivity contribution < 1.29 is 14.3 Å². The Balaban J connectivity index is 1.56. The summed E-state index contributed by atoms with van der Waals surface area (Å²) in [6.07, 6.45) is 6.72. The van der Waals surface area contributed by atoms with E-state index >= 15 is 0 Å². The van der Waals surface area contributed by atoms with Gasteiger partial charge in [0.05, 0.1) is 14.2 Å². The predicted molar refractivity (Wildman–Crippen MR) is 92.5 cm³/mol. The van der Waals surface area contributed by atoms with Crippen LogP contribution in [0.4, 0.5) is 0 Å². The quantitative estimate of drug-likeness (QED) is 0.847. The first-order valence-corrected chi connectivity index (χ1v) is 9.10. The van der Waals surface area contributed by atoms with E-state index in [1.165, 1.54) is 32.1 Å². The molecule has 0 spiro atoms. The number of nitrogens with zero attached hydrogens (tertiary/aromatic N) is 1. The first-order valence-electron chi connectivity index (χ1n) is 9.10. The van der Waals surface area contributed by atoms with Crippen LogP contribution in [0, 0.1) is 23.7 Å². The van der Waals surface area contributed by atoms with Gasteiger partial charge in [0, 0.05) is 18.7 Å². The number of amides is 1. The lowest BCUT2D eigenvalue weighted by Gasteiger charge is -2.56. The summed E-state index contributed by atoms with van der Waals surface area (Å²) in [6, 6.07) is 5.87. The number of hydrogen-bond acceptors (Lipinski definition) is 3. The second-order valence-corrected chi connectivity index (χ2v) is 7.91. The molecule has 0 atom stereocenters. The minimum Gasteiger partial charge on any atom is -0.493 e. The predicted octanol–water partition coefficient (Wildman–Crippen LogP) is 3.60. The van der Waals surface area contributed by atoms with Crippen LogP contribution in [-0.2, 0) is 0 Å². The van der Waals surface area contributed by atoms with Crippen LogP contribution in [0.5, 0.6) is 11.5 Å². The molecule has 0 saturated heterocycles. The van der Waals surface area contributed by atoms with Crippen molar-refractivity contribution in [1.29, 1.82) is 0 Å². The molecule has 4 nitrogen and oxygen atoms in total. The average Bonchev–Trinajstić information content (AvgIpc) is 2.59. The number of benzene rings is 1. The number of hydrogen-bond donors (Lipinski definition) is 0. The van der Waals surface area contributed by atoms with Gasteiger partial charge in [0.2, 0.25) is 0 Å². The molecule has 4 aliphatic carbocycles. The van der Waals surface area contributed by atoms with Crippen molar-refractivity contribution in [2.24, 2.45) is 23.7 Å². The molecule has 130 valence electrons. The fourth-order valence-corrected chi connectivity index (χ4v) is 5.84. The molecule has 1 aromatic rings. The highest BCUT2D eigenvalue weighted by molar-refractivity contribution is 5.95. The molecule has 0 heterocycles. The molecule has 4 saturated carbocycles. The van der Waals surface area contributed by atoms with Crippen LogP contribution in [0.3, 0.4) is 0 Å². The SMILES string of the molecule is COc1ccc(C(=O)N(C)C2C3CC4CC(C3)CC2C4)cc1OC. The molecule has 1 aromatic carbocycles. The minimum atomic E-state index is 0.105. The van der Waals surface area contributed by atoms with Gasteiger partial charge in [-0.1, -0.05) is 0 Å². The molecule has 4 heteroatoms. The number of carbonyl (C=O) groups is 1. The summed E-state index contributed by atoms with van der Waals surface area (Å²) in [7, 11) is 5.21. The van der Waals surface area contributed by atoms with Gasteiger partial charge < -0.3 is 14.4 Å². The number of ether oxygens (including phenoxy) is 2. The third kappa shape index (κ3) is 2.47. The van der Waals surface area contributed by atoms with Crippen LogP contribution >= 0.6 is 0 Å². The highest BCUT2D eigenvalue weighted by Gasteiger charge is 2.50. The summed E-state index contributed by atoms with van der Waals surface area (Å²) in [4.78, 5) is 15.1. The number of rotatable bonds is 4. The Labute approximate surface area is 144 Å². The Morgan fingerprint density at radius 1 is 0.958 bits per heavy atom. The van der Waals surface area contributed by atoms with Crippen LogP contribution < -0.4 is 9.47 Å². The van der Waals surface area contributed by atoms with E-state index < -0.39 is 0 Å².